The number of benzene rings is 1. The number of hydrogen-bond donors (Lipinski definition) is 1. The average molecular weight is 378 g/mol. The van der Waals surface area contributed by atoms with E-state index in [9.17, 15) is 4.79 Å². The molecular weight excluding hydrogens is 358 g/mol. The topological polar surface area (TPSA) is 56.1 Å². The van der Waals surface area contributed by atoms with Crippen LogP contribution in [0.15, 0.2) is 30.3 Å². The number of thiophene rings is 1. The molecule has 0 saturated heterocycles. The van der Waals surface area contributed by atoms with Crippen molar-refractivity contribution in [2.24, 2.45) is 0 Å². The quantitative estimate of drug-likeness (QED) is 0.709. The molecule has 0 bridgehead atoms. The lowest BCUT2D eigenvalue weighted by Crippen LogP contribution is -2.35. The lowest BCUT2D eigenvalue weighted by Gasteiger charge is -2.11. The van der Waals surface area contributed by atoms with Gasteiger partial charge in [-0.05, 0) is 31.5 Å². The van der Waals surface area contributed by atoms with Crippen molar-refractivity contribution in [1.29, 1.82) is 0 Å². The molecule has 5 nitrogen and oxygen atoms in total. The second kappa shape index (κ2) is 7.56. The van der Waals surface area contributed by atoms with Crippen LogP contribution in [0.5, 0.6) is 0 Å². The van der Waals surface area contributed by atoms with Crippen LogP contribution < -0.4 is 5.32 Å². The Balaban J connectivity index is 1.88. The lowest BCUT2D eigenvalue weighted by molar-refractivity contribution is 0.0909. The number of nitrogens with one attached hydrogen (secondary N) is 1. The molecule has 0 fully saturated rings. The highest BCUT2D eigenvalue weighted by molar-refractivity contribution is 7.20. The third-order valence-electron chi connectivity index (χ3n) is 3.90. The van der Waals surface area contributed by atoms with Gasteiger partial charge in [-0.2, -0.15) is 5.10 Å². The molecule has 0 radical (unpaired) electrons. The Morgan fingerprint density at radius 2 is 2.20 bits per heavy atom. The van der Waals surface area contributed by atoms with Gasteiger partial charge in [0.15, 0.2) is 0 Å². The summed E-state index contributed by atoms with van der Waals surface area (Å²) in [7, 11) is 1.62. The highest BCUT2D eigenvalue weighted by Gasteiger charge is 2.18. The summed E-state index contributed by atoms with van der Waals surface area (Å²) in [6, 6.07) is 9.58. The Morgan fingerprint density at radius 3 is 2.92 bits per heavy atom. The van der Waals surface area contributed by atoms with Crippen LogP contribution in [-0.4, -0.2) is 35.4 Å². The number of nitrogens with zero attached hydrogens (tertiary/aromatic N) is 2. The van der Waals surface area contributed by atoms with Crippen molar-refractivity contribution in [3.05, 3.63) is 51.5 Å². The van der Waals surface area contributed by atoms with Crippen LogP contribution >= 0.6 is 22.9 Å². The fraction of sp³-hybridized carbons (Fsp3) is 0.333. The van der Waals surface area contributed by atoms with E-state index in [1.807, 2.05) is 48.9 Å². The van der Waals surface area contributed by atoms with Gasteiger partial charge in [-0.15, -0.1) is 11.3 Å². The Bertz CT molecular complexity index is 903. The van der Waals surface area contributed by atoms with Crippen molar-refractivity contribution in [1.82, 2.24) is 15.1 Å². The van der Waals surface area contributed by atoms with Gasteiger partial charge in [0.25, 0.3) is 5.91 Å². The minimum atomic E-state index is -0.0885. The van der Waals surface area contributed by atoms with Gasteiger partial charge < -0.3 is 10.1 Å². The number of ether oxygens (including phenoxy) is 1. The molecule has 25 heavy (non-hydrogen) atoms. The van der Waals surface area contributed by atoms with E-state index in [-0.39, 0.29) is 11.9 Å². The van der Waals surface area contributed by atoms with E-state index in [4.69, 9.17) is 16.3 Å². The summed E-state index contributed by atoms with van der Waals surface area (Å²) < 4.78 is 6.97. The zero-order valence-electron chi connectivity index (χ0n) is 14.4. The van der Waals surface area contributed by atoms with Crippen LogP contribution in [0, 0.1) is 6.92 Å². The molecule has 7 heteroatoms. The fourth-order valence-corrected chi connectivity index (χ4v) is 3.97. The van der Waals surface area contributed by atoms with Crippen molar-refractivity contribution in [3.63, 3.8) is 0 Å². The van der Waals surface area contributed by atoms with Gasteiger partial charge in [0, 0.05) is 23.6 Å². The van der Waals surface area contributed by atoms with E-state index in [2.05, 4.69) is 10.4 Å². The highest BCUT2D eigenvalue weighted by Crippen LogP contribution is 2.29. The molecular formula is C18H20ClN3O2S. The molecule has 1 amide bonds. The molecule has 132 valence electrons. The molecule has 0 aliphatic heterocycles. The molecule has 3 aromatic rings. The number of carbonyl (C=O) groups excluding carboxylic acids is 1. The van der Waals surface area contributed by atoms with Gasteiger partial charge in [0.05, 0.1) is 23.7 Å². The number of methoxy groups -OCH3 is 1. The van der Waals surface area contributed by atoms with Gasteiger partial charge in [0.1, 0.15) is 4.83 Å². The second-order valence-corrected chi connectivity index (χ2v) is 7.43. The van der Waals surface area contributed by atoms with Crippen molar-refractivity contribution >= 4 is 39.1 Å². The van der Waals surface area contributed by atoms with E-state index < -0.39 is 0 Å². The maximum atomic E-state index is 12.4. The third-order valence-corrected chi connectivity index (χ3v) is 5.42. The number of hydrogen-bond acceptors (Lipinski definition) is 4. The number of fused-ring (bicyclic) bond motifs is 1. The summed E-state index contributed by atoms with van der Waals surface area (Å²) in [5.41, 5.74) is 1.91. The monoisotopic (exact) mass is 377 g/mol. The van der Waals surface area contributed by atoms with E-state index in [1.54, 1.807) is 7.11 Å². The number of aromatic nitrogens is 2. The first-order valence-electron chi connectivity index (χ1n) is 7.99. The van der Waals surface area contributed by atoms with E-state index in [0.717, 1.165) is 21.5 Å². The van der Waals surface area contributed by atoms with E-state index in [1.165, 1.54) is 11.3 Å². The predicted octanol–water partition coefficient (Wildman–Crippen LogP) is 3.87. The Labute approximate surface area is 155 Å². The van der Waals surface area contributed by atoms with Crippen molar-refractivity contribution in [3.8, 4) is 0 Å². The summed E-state index contributed by atoms with van der Waals surface area (Å²) in [6.07, 6.45) is 0. The van der Waals surface area contributed by atoms with Crippen LogP contribution in [0.25, 0.3) is 10.2 Å². The minimum Gasteiger partial charge on any atom is -0.383 e. The van der Waals surface area contributed by atoms with Crippen LogP contribution in [-0.2, 0) is 11.3 Å². The van der Waals surface area contributed by atoms with Gasteiger partial charge in [-0.1, -0.05) is 29.8 Å². The molecule has 3 rings (SSSR count). The molecule has 0 spiro atoms. The predicted molar refractivity (Wildman–Crippen MR) is 102 cm³/mol. The number of halogens is 1. The molecule has 1 aromatic carbocycles. The van der Waals surface area contributed by atoms with Crippen molar-refractivity contribution in [2.75, 3.05) is 13.7 Å². The second-order valence-electron chi connectivity index (χ2n) is 5.99. The smallest absolute Gasteiger partial charge is 0.261 e. The fourth-order valence-electron chi connectivity index (χ4n) is 2.71. The summed E-state index contributed by atoms with van der Waals surface area (Å²) in [6.45, 7) is 4.92. The molecule has 0 saturated carbocycles. The first-order valence-corrected chi connectivity index (χ1v) is 9.19. The first-order chi connectivity index (χ1) is 12.0. The summed E-state index contributed by atoms with van der Waals surface area (Å²) in [5.74, 6) is -0.0885. The van der Waals surface area contributed by atoms with Crippen LogP contribution in [0.3, 0.4) is 0 Å². The number of amides is 1. The molecule has 1 N–H and O–H groups in total. The summed E-state index contributed by atoms with van der Waals surface area (Å²) in [5, 5.41) is 9.25. The van der Waals surface area contributed by atoms with Crippen LogP contribution in [0.2, 0.25) is 5.02 Å². The Kier molecular flexibility index (Phi) is 5.42. The largest absolute Gasteiger partial charge is 0.383 e. The van der Waals surface area contributed by atoms with E-state index in [0.29, 0.717) is 23.1 Å². The minimum absolute atomic E-state index is 0.0385. The van der Waals surface area contributed by atoms with Crippen molar-refractivity contribution < 1.29 is 9.53 Å². The van der Waals surface area contributed by atoms with Gasteiger partial charge >= 0.3 is 0 Å². The SMILES string of the molecule is COC[C@H](C)NC(=O)c1cc2c(C)nn(Cc3ccccc3Cl)c2s1. The average Bonchev–Trinajstić information content (AvgIpc) is 3.12. The Morgan fingerprint density at radius 1 is 1.44 bits per heavy atom. The maximum absolute atomic E-state index is 12.4. The number of aryl methyl sites for hydroxylation is 1. The van der Waals surface area contributed by atoms with Gasteiger partial charge in [-0.3, -0.25) is 9.48 Å². The first kappa shape index (κ1) is 17.9. The third kappa shape index (κ3) is 3.86. The molecule has 0 aliphatic carbocycles. The van der Waals surface area contributed by atoms with Gasteiger partial charge in [-0.25, -0.2) is 0 Å². The lowest BCUT2D eigenvalue weighted by atomic mass is 10.2. The van der Waals surface area contributed by atoms with Gasteiger partial charge in [0.2, 0.25) is 0 Å². The molecule has 0 aliphatic rings. The normalized spacial score (nSPS) is 12.5. The maximum Gasteiger partial charge on any atom is 0.261 e. The zero-order chi connectivity index (χ0) is 18.0. The Hall–Kier alpha value is -1.89. The van der Waals surface area contributed by atoms with E-state index >= 15 is 0 Å². The molecule has 0 unspecified atom stereocenters. The van der Waals surface area contributed by atoms with Crippen LogP contribution in [0.1, 0.15) is 27.9 Å². The summed E-state index contributed by atoms with van der Waals surface area (Å²) >= 11 is 7.70. The number of rotatable bonds is 6. The molecule has 1 atom stereocenters. The summed E-state index contributed by atoms with van der Waals surface area (Å²) in [4.78, 5) is 14.1. The molecule has 2 aromatic heterocycles. The van der Waals surface area contributed by atoms with Crippen LogP contribution in [0.4, 0.5) is 0 Å². The molecule has 2 heterocycles. The zero-order valence-corrected chi connectivity index (χ0v) is 15.9. The number of carbonyl (C=O) groups is 1. The standard InChI is InChI=1S/C18H20ClN3O2S/c1-11(10-24-3)20-17(23)16-8-14-12(2)21-22(18(14)25-16)9-13-6-4-5-7-15(13)19/h4-8,11H,9-10H2,1-3H3,(H,20,23)/t11-/m0/s1. The van der Waals surface area contributed by atoms with Crippen molar-refractivity contribution in [2.45, 2.75) is 26.4 Å². The highest BCUT2D eigenvalue weighted by atomic mass is 35.5.